The van der Waals surface area contributed by atoms with Gasteiger partial charge in [-0.15, -0.1) is 4.99 Å². The number of unbranched alkanes of at least 4 members (excludes halogenated alkanes) is 1. The molecule has 1 N–H and O–H groups in total. The Labute approximate surface area is 199 Å². The van der Waals surface area contributed by atoms with E-state index in [0.29, 0.717) is 18.3 Å². The molecule has 0 saturated heterocycles. The van der Waals surface area contributed by atoms with E-state index in [1.807, 2.05) is 18.3 Å². The molecule has 0 spiro atoms. The number of rotatable bonds is 12. The Bertz CT molecular complexity index is 866. The average molecular weight is 450 g/mol. The molecular weight excluding hydrogens is 410 g/mol. The topological polar surface area (TPSA) is 51.0 Å². The van der Waals surface area contributed by atoms with Gasteiger partial charge in [0.2, 0.25) is 0 Å². The summed E-state index contributed by atoms with van der Waals surface area (Å²) in [4.78, 5) is 4.61. The summed E-state index contributed by atoms with van der Waals surface area (Å²) in [6.45, 7) is 5.06. The molecule has 0 aromatic heterocycles. The first-order valence-corrected chi connectivity index (χ1v) is 12.9. The fourth-order valence-electron chi connectivity index (χ4n) is 5.09. The van der Waals surface area contributed by atoms with Gasteiger partial charge in [-0.3, -0.25) is 0 Å². The Morgan fingerprint density at radius 3 is 2.94 bits per heavy atom. The molecule has 2 atom stereocenters. The van der Waals surface area contributed by atoms with Gasteiger partial charge in [-0.05, 0) is 56.2 Å². The molecule has 33 heavy (non-hydrogen) atoms. The van der Waals surface area contributed by atoms with Crippen molar-refractivity contribution < 1.29 is 14.6 Å². The lowest BCUT2D eigenvalue weighted by Gasteiger charge is -2.20. The van der Waals surface area contributed by atoms with Crippen molar-refractivity contribution in [2.24, 2.45) is 16.8 Å². The molecule has 4 nitrogen and oxygen atoms in total. The second-order valence-electron chi connectivity index (χ2n) is 9.75. The molecule has 0 radical (unpaired) electrons. The van der Waals surface area contributed by atoms with E-state index >= 15 is 0 Å². The van der Waals surface area contributed by atoms with Crippen LogP contribution in [0.1, 0.15) is 77.2 Å². The first-order valence-electron chi connectivity index (χ1n) is 12.9. The van der Waals surface area contributed by atoms with E-state index in [1.165, 1.54) is 44.1 Å². The summed E-state index contributed by atoms with van der Waals surface area (Å²) >= 11 is 0. The Kier molecular flexibility index (Phi) is 8.30. The summed E-state index contributed by atoms with van der Waals surface area (Å²) in [6.07, 6.45) is 20.2. The summed E-state index contributed by atoms with van der Waals surface area (Å²) in [5, 5.41) is 10.2. The van der Waals surface area contributed by atoms with Crippen LogP contribution in [0.25, 0.3) is 0 Å². The average Bonchev–Trinajstić information content (AvgIpc) is 3.60. The highest BCUT2D eigenvalue weighted by atomic mass is 16.5. The van der Waals surface area contributed by atoms with Gasteiger partial charge in [-0.25, -0.2) is 0 Å². The van der Waals surface area contributed by atoms with Crippen molar-refractivity contribution in [3.63, 3.8) is 0 Å². The van der Waals surface area contributed by atoms with E-state index in [0.717, 1.165) is 49.0 Å². The van der Waals surface area contributed by atoms with E-state index in [9.17, 15) is 5.11 Å². The number of allylic oxidation sites excluding steroid dienone is 2. The van der Waals surface area contributed by atoms with Gasteiger partial charge in [-0.1, -0.05) is 50.9 Å². The molecule has 1 fully saturated rings. The van der Waals surface area contributed by atoms with Crippen LogP contribution in [0, 0.1) is 24.3 Å². The number of nitrogens with zero attached hydrogens (tertiary/aromatic N) is 1. The van der Waals surface area contributed by atoms with Crippen molar-refractivity contribution in [1.82, 2.24) is 0 Å². The fourth-order valence-corrected chi connectivity index (χ4v) is 5.09. The highest BCUT2D eigenvalue weighted by Gasteiger charge is 2.32. The van der Waals surface area contributed by atoms with Gasteiger partial charge >= 0.3 is 0 Å². The molecule has 1 saturated carbocycles. The Morgan fingerprint density at radius 1 is 1.27 bits per heavy atom. The zero-order chi connectivity index (χ0) is 23.0. The van der Waals surface area contributed by atoms with E-state index in [1.54, 1.807) is 6.07 Å². The van der Waals surface area contributed by atoms with Gasteiger partial charge in [0.1, 0.15) is 12.2 Å². The summed E-state index contributed by atoms with van der Waals surface area (Å²) in [5.41, 5.74) is 2.50. The highest BCUT2D eigenvalue weighted by Crippen LogP contribution is 2.37. The minimum absolute atomic E-state index is 0.189. The largest absolute Gasteiger partial charge is 0.592 e. The number of hydrogen-bond acceptors (Lipinski definition) is 4. The zero-order valence-corrected chi connectivity index (χ0v) is 20.3. The number of phenolic OH excluding ortho intramolecular Hbond substituents is 1. The van der Waals surface area contributed by atoms with Crippen LogP contribution in [0.2, 0.25) is 0 Å². The van der Waals surface area contributed by atoms with Gasteiger partial charge in [0.25, 0.3) is 0 Å². The van der Waals surface area contributed by atoms with Crippen molar-refractivity contribution in [2.75, 3.05) is 6.61 Å². The molecule has 2 aliphatic heterocycles. The monoisotopic (exact) mass is 449 g/mol. The molecule has 1 aromatic carbocycles. The minimum Gasteiger partial charge on any atom is -0.592 e. The quantitative estimate of drug-likeness (QED) is 0.345. The zero-order valence-electron chi connectivity index (χ0n) is 20.3. The van der Waals surface area contributed by atoms with E-state index in [4.69, 9.17) is 9.47 Å². The molecule has 4 rings (SSSR count). The third-order valence-electron chi connectivity index (χ3n) is 7.29. The number of hydrogen-bond donors (Lipinski definition) is 1. The molecule has 0 amide bonds. The molecule has 4 heteroatoms. The third kappa shape index (κ3) is 6.52. The fraction of sp³-hybridized carbons (Fsp3) is 0.552. The smallest absolute Gasteiger partial charge is 0.176 e. The lowest BCUT2D eigenvalue weighted by Crippen LogP contribution is -2.10. The standard InChI is InChI=1S/C29H39NO3/c1-3-4-9-26-13-14-27(33-26)12-10-22-11-15-28(31)29(18-22)32-17-16-25-19-24(20-30-25)21(2)23-7-5-6-8-23/h11,13-15,18-21,23,26,31H,3-10,12,16-17H2,1-2H3/t21-,26?/m1/s1. The minimum atomic E-state index is 0.189. The van der Waals surface area contributed by atoms with Crippen LogP contribution in [0.15, 0.2) is 46.7 Å². The van der Waals surface area contributed by atoms with Crippen molar-refractivity contribution >= 4 is 6.21 Å². The van der Waals surface area contributed by atoms with Gasteiger partial charge in [0, 0.05) is 12.0 Å². The Balaban J connectivity index is 1.21. The van der Waals surface area contributed by atoms with E-state index in [2.05, 4.69) is 37.4 Å². The second kappa shape index (κ2) is 11.6. The number of phenols is 1. The van der Waals surface area contributed by atoms with E-state index in [-0.39, 0.29) is 11.9 Å². The van der Waals surface area contributed by atoms with Crippen molar-refractivity contribution in [3.05, 3.63) is 59.7 Å². The molecule has 1 unspecified atom stereocenters. The molecule has 2 heterocycles. The van der Waals surface area contributed by atoms with Crippen molar-refractivity contribution in [2.45, 2.75) is 84.2 Å². The van der Waals surface area contributed by atoms with Crippen LogP contribution in [0.4, 0.5) is 0 Å². The first kappa shape index (κ1) is 23.7. The number of aryl methyl sites for hydroxylation is 1. The van der Waals surface area contributed by atoms with Gasteiger partial charge < -0.3 is 14.6 Å². The van der Waals surface area contributed by atoms with Gasteiger partial charge in [0.05, 0.1) is 12.5 Å². The van der Waals surface area contributed by atoms with E-state index < -0.39 is 0 Å². The lowest BCUT2D eigenvalue weighted by atomic mass is 9.86. The SMILES string of the molecule is CCCCC1[CH-]C=C(CCc2ccc(O)c(OCC[C+]3C=C([C@H](C)C4CCCC4)C=N3)c2)O1. The van der Waals surface area contributed by atoms with Crippen LogP contribution in [0.5, 0.6) is 11.5 Å². The summed E-state index contributed by atoms with van der Waals surface area (Å²) < 4.78 is 12.0. The molecule has 3 aliphatic rings. The molecule has 178 valence electrons. The van der Waals surface area contributed by atoms with Crippen LogP contribution in [0.3, 0.4) is 0 Å². The second-order valence-corrected chi connectivity index (χ2v) is 9.75. The number of ether oxygens (including phenoxy) is 2. The number of aliphatic imine (C=N–C) groups is 1. The maximum atomic E-state index is 10.2. The van der Waals surface area contributed by atoms with Crippen LogP contribution < -0.4 is 4.74 Å². The molecule has 0 bridgehead atoms. The van der Waals surface area contributed by atoms with Gasteiger partial charge in [0.15, 0.2) is 23.8 Å². The maximum Gasteiger partial charge on any atom is 0.176 e. The first-order chi connectivity index (χ1) is 16.1. The molecule has 1 aliphatic carbocycles. The summed E-state index contributed by atoms with van der Waals surface area (Å²) in [7, 11) is 0. The molecular formula is C29H39NO3. The van der Waals surface area contributed by atoms with Crippen LogP contribution in [-0.2, 0) is 11.2 Å². The maximum absolute atomic E-state index is 10.2. The predicted octanol–water partition coefficient (Wildman–Crippen LogP) is 7.14. The Morgan fingerprint density at radius 2 is 2.12 bits per heavy atom. The summed E-state index contributed by atoms with van der Waals surface area (Å²) in [6, 6.07) is 6.72. The van der Waals surface area contributed by atoms with Crippen LogP contribution >= 0.6 is 0 Å². The predicted molar refractivity (Wildman–Crippen MR) is 134 cm³/mol. The molecule has 1 aromatic rings. The van der Waals surface area contributed by atoms with Crippen molar-refractivity contribution in [1.29, 1.82) is 0 Å². The summed E-state index contributed by atoms with van der Waals surface area (Å²) in [5.74, 6) is 3.19. The van der Waals surface area contributed by atoms with Crippen molar-refractivity contribution in [3.8, 4) is 11.5 Å². The Hall–Kier alpha value is -2.49. The number of benzene rings is 1. The van der Waals surface area contributed by atoms with Gasteiger partial charge in [-0.2, -0.15) is 12.5 Å². The third-order valence-corrected chi connectivity index (χ3v) is 7.29. The highest BCUT2D eigenvalue weighted by molar-refractivity contribution is 5.83. The van der Waals surface area contributed by atoms with Crippen LogP contribution in [-0.4, -0.2) is 24.0 Å². The lowest BCUT2D eigenvalue weighted by molar-refractivity contribution is 0.147. The normalized spacial score (nSPS) is 21.0. The number of aromatic hydroxyl groups is 1.